The van der Waals surface area contributed by atoms with Crippen molar-refractivity contribution in [3.05, 3.63) is 40.8 Å². The third kappa shape index (κ3) is 5.23. The zero-order valence-electron chi connectivity index (χ0n) is 19.0. The number of alkyl halides is 4. The maximum atomic E-state index is 14.0. The number of morpholine rings is 1. The van der Waals surface area contributed by atoms with Crippen molar-refractivity contribution in [2.24, 2.45) is 0 Å². The minimum atomic E-state index is -4.52. The quantitative estimate of drug-likeness (QED) is 0.215. The topological polar surface area (TPSA) is 99.3 Å². The number of ether oxygens (including phenoxy) is 1. The predicted octanol–water partition coefficient (Wildman–Crippen LogP) is 3.91. The summed E-state index contributed by atoms with van der Waals surface area (Å²) < 4.78 is 47.2. The Kier molecular flexibility index (Phi) is 7.52. The summed E-state index contributed by atoms with van der Waals surface area (Å²) in [7, 11) is 0. The molecule has 0 aliphatic carbocycles. The summed E-state index contributed by atoms with van der Waals surface area (Å²) >= 11 is 1.72. The molecule has 0 unspecified atom stereocenters. The van der Waals surface area contributed by atoms with Crippen LogP contribution in [0.25, 0.3) is 21.7 Å². The molecule has 3 heterocycles. The molecule has 1 aliphatic heterocycles. The molecule has 3 N–H and O–H groups in total. The van der Waals surface area contributed by atoms with Crippen molar-refractivity contribution < 1.29 is 22.7 Å². The molecule has 3 aromatic rings. The molecule has 1 amide bonds. The first kappa shape index (κ1) is 25.6. The van der Waals surface area contributed by atoms with Gasteiger partial charge in [-0.2, -0.15) is 13.2 Å². The van der Waals surface area contributed by atoms with E-state index in [0.29, 0.717) is 42.8 Å². The molecule has 1 saturated heterocycles. The molecule has 0 spiro atoms. The lowest BCUT2D eigenvalue weighted by Crippen LogP contribution is -2.53. The number of nitrogens with one attached hydrogen (secondary N) is 3. The zero-order chi connectivity index (χ0) is 25.2. The molecule has 0 bridgehead atoms. The lowest BCUT2D eigenvalue weighted by Gasteiger charge is -2.35. The first-order valence-electron chi connectivity index (χ1n) is 11.1. The number of fused-ring (bicyclic) bond motifs is 3. The summed E-state index contributed by atoms with van der Waals surface area (Å²) in [5.41, 5.74) is -1.92. The molecule has 1 aromatic carbocycles. The number of benzene rings is 1. The van der Waals surface area contributed by atoms with E-state index < -0.39 is 17.3 Å². The predicted molar refractivity (Wildman–Crippen MR) is 137 cm³/mol. The third-order valence-corrected chi connectivity index (χ3v) is 7.50. The molecule has 4 rings (SSSR count). The monoisotopic (exact) mass is 603 g/mol. The molecule has 0 saturated carbocycles. The second-order valence-corrected chi connectivity index (χ2v) is 9.18. The van der Waals surface area contributed by atoms with Gasteiger partial charge in [-0.3, -0.25) is 14.5 Å². The van der Waals surface area contributed by atoms with Crippen LogP contribution in [0.1, 0.15) is 13.3 Å². The number of halogens is 4. The van der Waals surface area contributed by atoms with E-state index in [1.165, 1.54) is 19.2 Å². The number of pyridine rings is 2. The van der Waals surface area contributed by atoms with Crippen LogP contribution < -0.4 is 16.2 Å². The van der Waals surface area contributed by atoms with Crippen LogP contribution in [0.15, 0.2) is 35.3 Å². The summed E-state index contributed by atoms with van der Waals surface area (Å²) in [5, 5.41) is 6.45. The van der Waals surface area contributed by atoms with E-state index in [1.807, 2.05) is 4.90 Å². The van der Waals surface area contributed by atoms with Gasteiger partial charge in [-0.05, 0) is 30.7 Å². The minimum absolute atomic E-state index is 0.0279. The van der Waals surface area contributed by atoms with Crippen LogP contribution in [0.3, 0.4) is 0 Å². The molecule has 188 valence electrons. The molecule has 1 atom stereocenters. The number of H-pyrrole nitrogens is 1. The lowest BCUT2D eigenvalue weighted by molar-refractivity contribution is -0.172. The summed E-state index contributed by atoms with van der Waals surface area (Å²) in [6.45, 7) is 4.09. The Hall–Kier alpha value is -2.45. The first-order valence-corrected chi connectivity index (χ1v) is 12.7. The van der Waals surface area contributed by atoms with Gasteiger partial charge in [0.1, 0.15) is 11.4 Å². The van der Waals surface area contributed by atoms with Gasteiger partial charge >= 0.3 is 6.18 Å². The van der Waals surface area contributed by atoms with Crippen LogP contribution >= 0.6 is 22.6 Å². The number of aromatic amines is 1. The highest BCUT2D eigenvalue weighted by atomic mass is 127. The van der Waals surface area contributed by atoms with Gasteiger partial charge in [0.05, 0.1) is 30.7 Å². The summed E-state index contributed by atoms with van der Waals surface area (Å²) in [4.78, 5) is 34.2. The van der Waals surface area contributed by atoms with Gasteiger partial charge < -0.3 is 20.4 Å². The van der Waals surface area contributed by atoms with E-state index in [1.54, 1.807) is 40.8 Å². The SMILES string of the molecule is CC[C@@](CI)(Nc1nc2cc[nH]c(=O)c2c2cc(NC(=O)CN3CCOCC3)ccc12)C(F)(F)F. The summed E-state index contributed by atoms with van der Waals surface area (Å²) in [5.74, 6) is -0.205. The van der Waals surface area contributed by atoms with E-state index in [2.05, 4.69) is 20.6 Å². The second-order valence-electron chi connectivity index (χ2n) is 8.42. The highest BCUT2D eigenvalue weighted by Gasteiger charge is 2.53. The molecule has 2 aromatic heterocycles. The van der Waals surface area contributed by atoms with E-state index >= 15 is 0 Å². The Morgan fingerprint density at radius 3 is 2.63 bits per heavy atom. The molecule has 1 aliphatic rings. The number of rotatable bonds is 7. The Morgan fingerprint density at radius 2 is 1.97 bits per heavy atom. The van der Waals surface area contributed by atoms with Crippen molar-refractivity contribution in [1.82, 2.24) is 14.9 Å². The highest BCUT2D eigenvalue weighted by Crippen LogP contribution is 2.40. The smallest absolute Gasteiger partial charge is 0.379 e. The normalized spacial score (nSPS) is 16.8. The number of carbonyl (C=O) groups excluding carboxylic acids is 1. The van der Waals surface area contributed by atoms with Crippen molar-refractivity contribution >= 4 is 61.7 Å². The molecular formula is C23H25F3IN5O3. The fourth-order valence-corrected chi connectivity index (χ4v) is 5.25. The van der Waals surface area contributed by atoms with Gasteiger partial charge in [0, 0.05) is 40.2 Å². The molecule has 1 fully saturated rings. The van der Waals surface area contributed by atoms with Crippen molar-refractivity contribution in [3.8, 4) is 0 Å². The van der Waals surface area contributed by atoms with Gasteiger partial charge in [0.2, 0.25) is 5.91 Å². The number of nitrogens with zero attached hydrogens (tertiary/aromatic N) is 2. The average Bonchev–Trinajstić information content (AvgIpc) is 2.82. The zero-order valence-corrected chi connectivity index (χ0v) is 21.1. The molecular weight excluding hydrogens is 578 g/mol. The number of carbonyl (C=O) groups is 1. The Bertz CT molecular complexity index is 1290. The molecule has 8 nitrogen and oxygen atoms in total. The lowest BCUT2D eigenvalue weighted by atomic mass is 9.97. The number of amides is 1. The van der Waals surface area contributed by atoms with Crippen molar-refractivity contribution in [1.29, 1.82) is 0 Å². The van der Waals surface area contributed by atoms with Gasteiger partial charge in [-0.25, -0.2) is 4.98 Å². The fourth-order valence-electron chi connectivity index (χ4n) is 4.09. The van der Waals surface area contributed by atoms with Gasteiger partial charge in [-0.15, -0.1) is 0 Å². The van der Waals surface area contributed by atoms with Crippen molar-refractivity contribution in [2.45, 2.75) is 25.1 Å². The van der Waals surface area contributed by atoms with Crippen molar-refractivity contribution in [2.75, 3.05) is 47.9 Å². The van der Waals surface area contributed by atoms with Crippen LogP contribution in [-0.4, -0.2) is 69.8 Å². The van der Waals surface area contributed by atoms with Gasteiger partial charge in [0.15, 0.2) is 0 Å². The average molecular weight is 603 g/mol. The summed E-state index contributed by atoms with van der Waals surface area (Å²) in [6.07, 6.45) is -3.32. The number of hydrogen-bond acceptors (Lipinski definition) is 6. The number of aromatic nitrogens is 2. The Labute approximate surface area is 212 Å². The van der Waals surface area contributed by atoms with E-state index in [-0.39, 0.29) is 40.0 Å². The van der Waals surface area contributed by atoms with Crippen LogP contribution in [0.2, 0.25) is 0 Å². The van der Waals surface area contributed by atoms with Crippen LogP contribution in [-0.2, 0) is 9.53 Å². The Morgan fingerprint density at radius 1 is 1.23 bits per heavy atom. The molecule has 35 heavy (non-hydrogen) atoms. The fraction of sp³-hybridized carbons (Fsp3) is 0.435. The second kappa shape index (κ2) is 10.3. The Balaban J connectivity index is 1.76. The van der Waals surface area contributed by atoms with Gasteiger partial charge in [0.25, 0.3) is 5.56 Å². The van der Waals surface area contributed by atoms with Crippen LogP contribution in [0.4, 0.5) is 24.7 Å². The van der Waals surface area contributed by atoms with E-state index in [4.69, 9.17) is 4.74 Å². The standard InChI is InChI=1S/C23H25F3IN5O3/c1-2-22(13-27,23(24,25)26)31-20-15-4-3-14(29-18(33)12-32-7-9-35-10-8-32)11-16(15)19-17(30-20)5-6-28-21(19)34/h3-6,11H,2,7-10,12-13H2,1H3,(H,28,34)(H,29,33)(H,30,31)/t22-/m0/s1. The maximum Gasteiger partial charge on any atom is 0.412 e. The molecule has 12 heteroatoms. The minimum Gasteiger partial charge on any atom is -0.379 e. The number of hydrogen-bond donors (Lipinski definition) is 3. The van der Waals surface area contributed by atoms with Crippen LogP contribution in [0.5, 0.6) is 0 Å². The van der Waals surface area contributed by atoms with Crippen molar-refractivity contribution in [3.63, 3.8) is 0 Å². The maximum absolute atomic E-state index is 14.0. The molecule has 0 radical (unpaired) electrons. The van der Waals surface area contributed by atoms with E-state index in [0.717, 1.165) is 0 Å². The van der Waals surface area contributed by atoms with E-state index in [9.17, 15) is 22.8 Å². The third-order valence-electron chi connectivity index (χ3n) is 6.20. The summed E-state index contributed by atoms with van der Waals surface area (Å²) in [6, 6.07) is 6.31. The van der Waals surface area contributed by atoms with Crippen LogP contribution in [0, 0.1) is 0 Å². The largest absolute Gasteiger partial charge is 0.412 e. The first-order chi connectivity index (χ1) is 16.7. The van der Waals surface area contributed by atoms with Gasteiger partial charge in [-0.1, -0.05) is 29.5 Å². The number of anilines is 2. The highest BCUT2D eigenvalue weighted by molar-refractivity contribution is 14.1.